The smallest absolute Gasteiger partial charge is 0.248 e. The first-order chi connectivity index (χ1) is 10.7. The Morgan fingerprint density at radius 3 is 2.95 bits per heavy atom. The van der Waals surface area contributed by atoms with E-state index in [-0.39, 0.29) is 6.17 Å². The second-order valence-corrected chi connectivity index (χ2v) is 5.25. The molecule has 0 saturated heterocycles. The van der Waals surface area contributed by atoms with Crippen LogP contribution in [-0.4, -0.2) is 22.0 Å². The SMILES string of the molecule is NC(=O)C1=CC=CN2C=C(c3ccc4ccccc4n3)NC12. The van der Waals surface area contributed by atoms with E-state index in [0.717, 1.165) is 22.3 Å². The molecule has 0 radical (unpaired) electrons. The van der Waals surface area contributed by atoms with E-state index >= 15 is 0 Å². The molecular formula is C17H14N4O. The molecule has 1 unspecified atom stereocenters. The Bertz CT molecular complexity index is 866. The van der Waals surface area contributed by atoms with Gasteiger partial charge in [0.2, 0.25) is 5.91 Å². The van der Waals surface area contributed by atoms with Crippen molar-refractivity contribution in [1.29, 1.82) is 0 Å². The Balaban J connectivity index is 1.70. The number of allylic oxidation sites excluding steroid dienone is 2. The third-order valence-electron chi connectivity index (χ3n) is 3.86. The fraction of sp³-hybridized carbons (Fsp3) is 0.0588. The standard InChI is InChI=1S/C17H14N4O/c18-16(22)12-5-3-9-21-10-15(20-17(12)21)14-8-7-11-4-1-2-6-13(11)19-14/h1-10,17,20H,(H2,18,22). The van der Waals surface area contributed by atoms with Crippen molar-refractivity contribution in [3.05, 3.63) is 72.2 Å². The van der Waals surface area contributed by atoms with E-state index < -0.39 is 5.91 Å². The number of carbonyl (C=O) groups excluding carboxylic acids is 1. The van der Waals surface area contributed by atoms with Gasteiger partial charge in [0.1, 0.15) is 6.17 Å². The van der Waals surface area contributed by atoms with Gasteiger partial charge >= 0.3 is 0 Å². The fourth-order valence-electron chi connectivity index (χ4n) is 2.76. The minimum atomic E-state index is -0.423. The highest BCUT2D eigenvalue weighted by Gasteiger charge is 2.30. The zero-order chi connectivity index (χ0) is 15.1. The lowest BCUT2D eigenvalue weighted by Crippen LogP contribution is -2.40. The maximum atomic E-state index is 11.5. The number of rotatable bonds is 2. The minimum Gasteiger partial charge on any atom is -0.366 e. The van der Waals surface area contributed by atoms with Crippen LogP contribution in [0.3, 0.4) is 0 Å². The quantitative estimate of drug-likeness (QED) is 0.883. The van der Waals surface area contributed by atoms with Crippen molar-refractivity contribution >= 4 is 22.5 Å². The molecule has 22 heavy (non-hydrogen) atoms. The normalized spacial score (nSPS) is 19.5. The highest BCUT2D eigenvalue weighted by atomic mass is 16.1. The minimum absolute atomic E-state index is 0.259. The van der Waals surface area contributed by atoms with Crippen molar-refractivity contribution in [3.63, 3.8) is 0 Å². The van der Waals surface area contributed by atoms with Crippen LogP contribution in [0.1, 0.15) is 5.69 Å². The van der Waals surface area contributed by atoms with Crippen LogP contribution < -0.4 is 11.1 Å². The van der Waals surface area contributed by atoms with Crippen molar-refractivity contribution in [2.75, 3.05) is 0 Å². The maximum absolute atomic E-state index is 11.5. The Morgan fingerprint density at radius 1 is 1.23 bits per heavy atom. The molecule has 4 rings (SSSR count). The molecule has 108 valence electrons. The molecule has 1 atom stereocenters. The first kappa shape index (κ1) is 12.6. The number of hydrogen-bond acceptors (Lipinski definition) is 4. The summed E-state index contributed by atoms with van der Waals surface area (Å²) in [5, 5.41) is 4.41. The Kier molecular flexibility index (Phi) is 2.72. The van der Waals surface area contributed by atoms with Gasteiger partial charge in [-0.05, 0) is 24.3 Å². The summed E-state index contributed by atoms with van der Waals surface area (Å²) in [6.07, 6.45) is 7.13. The molecule has 1 amide bonds. The molecule has 2 aliphatic heterocycles. The zero-order valence-electron chi connectivity index (χ0n) is 11.7. The number of para-hydroxylation sites is 1. The Labute approximate surface area is 127 Å². The second kappa shape index (κ2) is 4.73. The van der Waals surface area contributed by atoms with E-state index in [2.05, 4.69) is 10.3 Å². The van der Waals surface area contributed by atoms with Gasteiger partial charge in [0.25, 0.3) is 0 Å². The maximum Gasteiger partial charge on any atom is 0.248 e. The van der Waals surface area contributed by atoms with E-state index in [0.29, 0.717) is 5.57 Å². The van der Waals surface area contributed by atoms with Gasteiger partial charge in [-0.1, -0.05) is 24.3 Å². The summed E-state index contributed by atoms with van der Waals surface area (Å²) in [5.41, 5.74) is 8.62. The lowest BCUT2D eigenvalue weighted by Gasteiger charge is -2.25. The first-order valence-electron chi connectivity index (χ1n) is 7.02. The molecule has 0 saturated carbocycles. The third kappa shape index (κ3) is 1.95. The lowest BCUT2D eigenvalue weighted by atomic mass is 10.1. The number of fused-ring (bicyclic) bond motifs is 2. The molecule has 5 nitrogen and oxygen atoms in total. The van der Waals surface area contributed by atoms with Crippen LogP contribution in [0.15, 0.2) is 66.5 Å². The van der Waals surface area contributed by atoms with Crippen LogP contribution in [0, 0.1) is 0 Å². The summed E-state index contributed by atoms with van der Waals surface area (Å²) >= 11 is 0. The summed E-state index contributed by atoms with van der Waals surface area (Å²) in [4.78, 5) is 18.1. The first-order valence-corrected chi connectivity index (χ1v) is 7.02. The van der Waals surface area contributed by atoms with Crippen molar-refractivity contribution in [3.8, 4) is 0 Å². The highest BCUT2D eigenvalue weighted by molar-refractivity contribution is 5.94. The van der Waals surface area contributed by atoms with Gasteiger partial charge in [0.05, 0.1) is 22.5 Å². The molecule has 3 N–H and O–H groups in total. The molecular weight excluding hydrogens is 276 g/mol. The van der Waals surface area contributed by atoms with Gasteiger partial charge in [-0.2, -0.15) is 0 Å². The molecule has 0 fully saturated rings. The van der Waals surface area contributed by atoms with Gasteiger partial charge in [-0.25, -0.2) is 4.98 Å². The van der Waals surface area contributed by atoms with Gasteiger partial charge in [0, 0.05) is 17.8 Å². The van der Waals surface area contributed by atoms with Crippen LogP contribution in [0.2, 0.25) is 0 Å². The van der Waals surface area contributed by atoms with E-state index in [9.17, 15) is 4.79 Å². The van der Waals surface area contributed by atoms with E-state index in [1.54, 1.807) is 6.08 Å². The average molecular weight is 290 g/mol. The van der Waals surface area contributed by atoms with Gasteiger partial charge < -0.3 is 16.0 Å². The molecule has 3 heterocycles. The number of nitrogens with zero attached hydrogens (tertiary/aromatic N) is 2. The second-order valence-electron chi connectivity index (χ2n) is 5.25. The number of aromatic nitrogens is 1. The predicted octanol–water partition coefficient (Wildman–Crippen LogP) is 1.70. The number of nitrogens with two attached hydrogens (primary N) is 1. The van der Waals surface area contributed by atoms with Crippen LogP contribution in [0.25, 0.3) is 16.6 Å². The molecule has 1 aromatic carbocycles. The topological polar surface area (TPSA) is 71.2 Å². The molecule has 2 aliphatic rings. The van der Waals surface area contributed by atoms with Crippen LogP contribution in [0.4, 0.5) is 0 Å². The molecule has 0 bridgehead atoms. The van der Waals surface area contributed by atoms with Gasteiger partial charge in [-0.15, -0.1) is 0 Å². The summed E-state index contributed by atoms with van der Waals surface area (Å²) in [6.45, 7) is 0. The van der Waals surface area contributed by atoms with Crippen molar-refractivity contribution < 1.29 is 4.79 Å². The Hall–Kier alpha value is -3.08. The zero-order valence-corrected chi connectivity index (χ0v) is 11.7. The number of carbonyl (C=O) groups is 1. The number of amides is 1. The van der Waals surface area contributed by atoms with E-state index in [1.165, 1.54) is 0 Å². The van der Waals surface area contributed by atoms with Crippen LogP contribution in [0.5, 0.6) is 0 Å². The van der Waals surface area contributed by atoms with Gasteiger partial charge in [0.15, 0.2) is 0 Å². The summed E-state index contributed by atoms with van der Waals surface area (Å²) < 4.78 is 0. The lowest BCUT2D eigenvalue weighted by molar-refractivity contribution is -0.115. The number of primary amides is 1. The highest BCUT2D eigenvalue weighted by Crippen LogP contribution is 2.26. The van der Waals surface area contributed by atoms with Crippen LogP contribution >= 0.6 is 0 Å². The van der Waals surface area contributed by atoms with Gasteiger partial charge in [-0.3, -0.25) is 4.79 Å². The number of benzene rings is 1. The summed E-state index contributed by atoms with van der Waals surface area (Å²) in [5.74, 6) is -0.423. The fourth-order valence-corrected chi connectivity index (χ4v) is 2.76. The average Bonchev–Trinajstić information content (AvgIpc) is 2.98. The van der Waals surface area contributed by atoms with E-state index in [4.69, 9.17) is 5.73 Å². The van der Waals surface area contributed by atoms with E-state index in [1.807, 2.05) is 59.8 Å². The third-order valence-corrected chi connectivity index (χ3v) is 3.86. The molecule has 2 aromatic rings. The molecule has 0 aliphatic carbocycles. The number of pyridine rings is 1. The molecule has 0 spiro atoms. The number of hydrogen-bond donors (Lipinski definition) is 2. The largest absolute Gasteiger partial charge is 0.366 e. The van der Waals surface area contributed by atoms with Crippen LogP contribution in [-0.2, 0) is 4.79 Å². The Morgan fingerprint density at radius 2 is 2.09 bits per heavy atom. The summed E-state index contributed by atoms with van der Waals surface area (Å²) in [7, 11) is 0. The van der Waals surface area contributed by atoms with Crippen molar-refractivity contribution in [2.45, 2.75) is 6.17 Å². The monoisotopic (exact) mass is 290 g/mol. The summed E-state index contributed by atoms with van der Waals surface area (Å²) in [6, 6.07) is 12.0. The van der Waals surface area contributed by atoms with Crippen molar-refractivity contribution in [2.24, 2.45) is 5.73 Å². The predicted molar refractivity (Wildman–Crippen MR) is 84.9 cm³/mol. The molecule has 5 heteroatoms. The van der Waals surface area contributed by atoms with Crippen molar-refractivity contribution in [1.82, 2.24) is 15.2 Å². The molecule has 1 aromatic heterocycles. The number of nitrogens with one attached hydrogen (secondary N) is 1.